The fraction of sp³-hybridized carbons (Fsp3) is 1.00. The first-order valence-corrected chi connectivity index (χ1v) is 8.84. The van der Waals surface area contributed by atoms with Crippen molar-refractivity contribution in [2.45, 2.75) is 46.2 Å². The van der Waals surface area contributed by atoms with Gasteiger partial charge in [0.25, 0.3) is 0 Å². The lowest BCUT2D eigenvalue weighted by atomic mass is 10.1. The highest BCUT2D eigenvalue weighted by Crippen LogP contribution is 2.50. The topological polar surface area (TPSA) is 0 Å². The molecule has 0 fully saturated rings. The van der Waals surface area contributed by atoms with E-state index in [4.69, 9.17) is 0 Å². The van der Waals surface area contributed by atoms with Crippen molar-refractivity contribution >= 4 is 27.6 Å². The van der Waals surface area contributed by atoms with Gasteiger partial charge in [-0.15, -0.1) is 0 Å². The molecule has 2 heteroatoms. The van der Waals surface area contributed by atoms with Gasteiger partial charge in [-0.2, -0.15) is 0 Å². The Labute approximate surface area is 85.8 Å². The molecule has 0 aliphatic rings. The van der Waals surface area contributed by atoms with E-state index in [1.165, 1.54) is 19.0 Å². The molecule has 0 saturated carbocycles. The van der Waals surface area contributed by atoms with Crippen molar-refractivity contribution in [3.05, 3.63) is 0 Å². The second kappa shape index (κ2) is 6.65. The van der Waals surface area contributed by atoms with Crippen molar-refractivity contribution in [2.75, 3.05) is 6.16 Å². The Bertz CT molecular complexity index is 91.6. The quantitative estimate of drug-likeness (QED) is 0.509. The van der Waals surface area contributed by atoms with E-state index in [1.807, 2.05) is 0 Å². The standard InChI is InChI=1S/C9H20IP/c1-8(2)6-5-7-11(10)9(3)4/h8-9H,5-7H2,1-4H3. The largest absolute Gasteiger partial charge is 0.0628 e. The Hall–Kier alpha value is 1.16. The molecule has 0 saturated heterocycles. The van der Waals surface area contributed by atoms with Gasteiger partial charge in [0.1, 0.15) is 0 Å². The van der Waals surface area contributed by atoms with Crippen LogP contribution in [-0.4, -0.2) is 11.8 Å². The Balaban J connectivity index is 3.24. The van der Waals surface area contributed by atoms with Crippen LogP contribution in [0.25, 0.3) is 0 Å². The average Bonchev–Trinajstić information content (AvgIpc) is 1.86. The first-order chi connectivity index (χ1) is 5.04. The predicted molar refractivity (Wildman–Crippen MR) is 65.0 cm³/mol. The maximum absolute atomic E-state index is 2.64. The van der Waals surface area contributed by atoms with Crippen LogP contribution in [0.5, 0.6) is 0 Å². The van der Waals surface area contributed by atoms with E-state index in [-0.39, 0.29) is 0 Å². The molecule has 0 amide bonds. The number of halogens is 1. The summed E-state index contributed by atoms with van der Waals surface area (Å²) >= 11 is 2.64. The zero-order chi connectivity index (χ0) is 8.85. The molecule has 0 aromatic rings. The van der Waals surface area contributed by atoms with Crippen LogP contribution in [0.3, 0.4) is 0 Å². The van der Waals surface area contributed by atoms with Crippen molar-refractivity contribution in [3.8, 4) is 0 Å². The number of hydrogen-bond donors (Lipinski definition) is 0. The van der Waals surface area contributed by atoms with E-state index in [1.54, 1.807) is 0 Å². The zero-order valence-corrected chi connectivity index (χ0v) is 11.2. The Morgan fingerprint density at radius 3 is 2.09 bits per heavy atom. The fourth-order valence-electron chi connectivity index (χ4n) is 0.909. The van der Waals surface area contributed by atoms with Gasteiger partial charge in [0.15, 0.2) is 0 Å². The second-order valence-electron chi connectivity index (χ2n) is 3.75. The highest BCUT2D eigenvalue weighted by molar-refractivity contribution is 14.2. The smallest absolute Gasteiger partial charge is 0.0176 e. The lowest BCUT2D eigenvalue weighted by Gasteiger charge is -2.14. The highest BCUT2D eigenvalue weighted by atomic mass is 127. The minimum Gasteiger partial charge on any atom is -0.0628 e. The van der Waals surface area contributed by atoms with E-state index in [2.05, 4.69) is 49.7 Å². The normalized spacial score (nSPS) is 14.5. The number of rotatable bonds is 5. The highest BCUT2D eigenvalue weighted by Gasteiger charge is 2.07. The van der Waals surface area contributed by atoms with Gasteiger partial charge in [0, 0.05) is 0 Å². The molecule has 11 heavy (non-hydrogen) atoms. The third-order valence-electron chi connectivity index (χ3n) is 1.71. The SMILES string of the molecule is CC(C)CCCP(I)C(C)C. The molecule has 0 aromatic heterocycles. The van der Waals surface area contributed by atoms with Gasteiger partial charge in [0.2, 0.25) is 0 Å². The summed E-state index contributed by atoms with van der Waals surface area (Å²) in [5.41, 5.74) is 1.21. The number of hydrogen-bond acceptors (Lipinski definition) is 0. The summed E-state index contributed by atoms with van der Waals surface area (Å²) in [6, 6.07) is 0. The van der Waals surface area contributed by atoms with Crippen LogP contribution in [0.15, 0.2) is 0 Å². The van der Waals surface area contributed by atoms with Crippen LogP contribution in [-0.2, 0) is 0 Å². The Morgan fingerprint density at radius 1 is 1.18 bits per heavy atom. The second-order valence-corrected chi connectivity index (χ2v) is 9.75. The van der Waals surface area contributed by atoms with Gasteiger partial charge in [-0.25, -0.2) is 0 Å². The minimum atomic E-state index is 0.300. The third-order valence-corrected chi connectivity index (χ3v) is 8.37. The Kier molecular flexibility index (Phi) is 7.35. The monoisotopic (exact) mass is 286 g/mol. The van der Waals surface area contributed by atoms with E-state index in [0.29, 0.717) is 5.56 Å². The van der Waals surface area contributed by atoms with Crippen LogP contribution < -0.4 is 0 Å². The summed E-state index contributed by atoms with van der Waals surface area (Å²) < 4.78 is 0. The minimum absolute atomic E-state index is 0.300. The maximum atomic E-state index is 2.64. The first kappa shape index (κ1) is 12.2. The predicted octanol–water partition coefficient (Wildman–Crippen LogP) is 4.66. The van der Waals surface area contributed by atoms with Crippen LogP contribution >= 0.6 is 27.6 Å². The van der Waals surface area contributed by atoms with Crippen molar-refractivity contribution in [2.24, 2.45) is 5.92 Å². The van der Waals surface area contributed by atoms with Crippen molar-refractivity contribution in [3.63, 3.8) is 0 Å². The van der Waals surface area contributed by atoms with E-state index < -0.39 is 0 Å². The molecule has 1 unspecified atom stereocenters. The summed E-state index contributed by atoms with van der Waals surface area (Å²) in [5.74, 6) is 0.891. The molecule has 0 aliphatic heterocycles. The molecule has 0 rings (SSSR count). The fourth-order valence-corrected chi connectivity index (χ4v) is 2.93. The summed E-state index contributed by atoms with van der Waals surface area (Å²) in [4.78, 5) is 0. The summed E-state index contributed by atoms with van der Waals surface area (Å²) in [6.07, 6.45) is 4.31. The van der Waals surface area contributed by atoms with Crippen LogP contribution in [0.1, 0.15) is 40.5 Å². The lowest BCUT2D eigenvalue weighted by Crippen LogP contribution is -1.94. The van der Waals surface area contributed by atoms with Gasteiger partial charge in [-0.3, -0.25) is 0 Å². The molecule has 0 aliphatic carbocycles. The molecule has 0 radical (unpaired) electrons. The molecule has 0 aromatic carbocycles. The molecule has 68 valence electrons. The molecule has 0 nitrogen and oxygen atoms in total. The van der Waals surface area contributed by atoms with E-state index >= 15 is 0 Å². The van der Waals surface area contributed by atoms with Crippen molar-refractivity contribution in [1.29, 1.82) is 0 Å². The van der Waals surface area contributed by atoms with E-state index in [9.17, 15) is 0 Å². The summed E-state index contributed by atoms with van der Waals surface area (Å²) in [5, 5.41) is 0. The van der Waals surface area contributed by atoms with Gasteiger partial charge in [-0.05, 0) is 29.7 Å². The van der Waals surface area contributed by atoms with Gasteiger partial charge >= 0.3 is 0 Å². The molecule has 1 atom stereocenters. The molecule has 0 spiro atoms. The van der Waals surface area contributed by atoms with Crippen LogP contribution in [0.2, 0.25) is 0 Å². The molecule has 0 bridgehead atoms. The van der Waals surface area contributed by atoms with E-state index in [0.717, 1.165) is 11.6 Å². The summed E-state index contributed by atoms with van der Waals surface area (Å²) in [7, 11) is 0. The molecule has 0 N–H and O–H groups in total. The third kappa shape index (κ3) is 7.52. The maximum Gasteiger partial charge on any atom is -0.0176 e. The van der Waals surface area contributed by atoms with Crippen molar-refractivity contribution < 1.29 is 0 Å². The molecular formula is C9H20IP. The molecule has 0 heterocycles. The zero-order valence-electron chi connectivity index (χ0n) is 8.10. The Morgan fingerprint density at radius 2 is 1.73 bits per heavy atom. The van der Waals surface area contributed by atoms with Gasteiger partial charge in [-0.1, -0.05) is 56.2 Å². The average molecular weight is 286 g/mol. The first-order valence-electron chi connectivity index (χ1n) is 4.46. The molecular weight excluding hydrogens is 266 g/mol. The van der Waals surface area contributed by atoms with Gasteiger partial charge < -0.3 is 0 Å². The van der Waals surface area contributed by atoms with Crippen LogP contribution in [0.4, 0.5) is 0 Å². The summed E-state index contributed by atoms with van der Waals surface area (Å²) in [6.45, 7) is 9.30. The van der Waals surface area contributed by atoms with Crippen LogP contribution in [0, 0.1) is 5.92 Å². The van der Waals surface area contributed by atoms with Crippen molar-refractivity contribution in [1.82, 2.24) is 0 Å². The van der Waals surface area contributed by atoms with Gasteiger partial charge in [0.05, 0.1) is 0 Å². The lowest BCUT2D eigenvalue weighted by molar-refractivity contribution is 0.578.